The Hall–Kier alpha value is -2.07. The van der Waals surface area contributed by atoms with Crippen LogP contribution in [0.3, 0.4) is 0 Å². The van der Waals surface area contributed by atoms with Gasteiger partial charge in [-0.1, -0.05) is 44.2 Å². The van der Waals surface area contributed by atoms with Crippen LogP contribution < -0.4 is 10.9 Å². The molecule has 4 nitrogen and oxygen atoms in total. The van der Waals surface area contributed by atoms with Gasteiger partial charge in [-0.15, -0.1) is 0 Å². The molecule has 4 heteroatoms. The molecule has 0 spiro atoms. The van der Waals surface area contributed by atoms with Gasteiger partial charge in [-0.3, -0.25) is 15.6 Å². The highest BCUT2D eigenvalue weighted by molar-refractivity contribution is 5.95. The van der Waals surface area contributed by atoms with E-state index in [2.05, 4.69) is 23.0 Å². The predicted octanol–water partition coefficient (Wildman–Crippen LogP) is 3.06. The number of carbonyl (C=O) groups excluding carboxylic acids is 1. The molecule has 0 radical (unpaired) electrons. The molecule has 0 aliphatic heterocycles. The number of benzene rings is 1. The lowest BCUT2D eigenvalue weighted by atomic mass is 10.1. The molecule has 1 amide bonds. The van der Waals surface area contributed by atoms with Crippen LogP contribution in [0.2, 0.25) is 0 Å². The van der Waals surface area contributed by atoms with Gasteiger partial charge in [0.05, 0.1) is 6.61 Å². The van der Waals surface area contributed by atoms with Gasteiger partial charge in [0.25, 0.3) is 5.91 Å². The molecule has 1 aromatic rings. The van der Waals surface area contributed by atoms with Gasteiger partial charge in [0.1, 0.15) is 0 Å². The zero-order valence-corrected chi connectivity index (χ0v) is 12.7. The third kappa shape index (κ3) is 5.44. The Labute approximate surface area is 126 Å². The standard InChI is InChI=1S/C15H18N2O2.C2H6/c18-11-12-7-5-6-10-14(12)15(19)17-16-13-8-3-1-2-4-9-13;1-2/h3,5-10,16,18H,1-2,4,11H2,(H,17,19);1-2H3. The number of aliphatic hydroxyl groups is 1. The minimum absolute atomic E-state index is 0.147. The number of nitrogens with one attached hydrogen (secondary N) is 2. The molecule has 21 heavy (non-hydrogen) atoms. The average Bonchev–Trinajstić information content (AvgIpc) is 2.83. The maximum atomic E-state index is 12.0. The first-order valence-corrected chi connectivity index (χ1v) is 7.43. The molecule has 114 valence electrons. The molecule has 0 unspecified atom stereocenters. The number of hydrogen-bond donors (Lipinski definition) is 3. The number of aliphatic hydroxyl groups excluding tert-OH is 1. The summed E-state index contributed by atoms with van der Waals surface area (Å²) in [6.45, 7) is 3.85. The Morgan fingerprint density at radius 3 is 2.76 bits per heavy atom. The van der Waals surface area contributed by atoms with Crippen LogP contribution in [-0.4, -0.2) is 11.0 Å². The number of carbonyl (C=O) groups is 1. The van der Waals surface area contributed by atoms with Crippen LogP contribution in [-0.2, 0) is 6.61 Å². The monoisotopic (exact) mass is 288 g/mol. The van der Waals surface area contributed by atoms with E-state index in [1.165, 1.54) is 0 Å². The Morgan fingerprint density at radius 2 is 2.00 bits per heavy atom. The van der Waals surface area contributed by atoms with Gasteiger partial charge in [0, 0.05) is 11.3 Å². The summed E-state index contributed by atoms with van der Waals surface area (Å²) in [4.78, 5) is 12.0. The van der Waals surface area contributed by atoms with Crippen LogP contribution in [0.5, 0.6) is 0 Å². The van der Waals surface area contributed by atoms with Crippen molar-refractivity contribution >= 4 is 5.91 Å². The molecule has 0 saturated carbocycles. The van der Waals surface area contributed by atoms with E-state index in [4.69, 9.17) is 0 Å². The van der Waals surface area contributed by atoms with Gasteiger partial charge in [0.15, 0.2) is 0 Å². The predicted molar refractivity (Wildman–Crippen MR) is 85.4 cm³/mol. The Balaban J connectivity index is 0.00000106. The van der Waals surface area contributed by atoms with E-state index < -0.39 is 0 Å². The summed E-state index contributed by atoms with van der Waals surface area (Å²) in [5, 5.41) is 9.20. The van der Waals surface area contributed by atoms with Crippen molar-refractivity contribution in [2.75, 3.05) is 0 Å². The summed E-state index contributed by atoms with van der Waals surface area (Å²) in [5.74, 6) is -0.247. The summed E-state index contributed by atoms with van der Waals surface area (Å²) in [7, 11) is 0. The minimum Gasteiger partial charge on any atom is -0.392 e. The number of allylic oxidation sites excluding steroid dienone is 3. The molecule has 2 rings (SSSR count). The molecule has 1 aliphatic rings. The topological polar surface area (TPSA) is 61.4 Å². The minimum atomic E-state index is -0.247. The third-order valence-corrected chi connectivity index (χ3v) is 2.99. The normalized spacial score (nSPS) is 13.4. The molecule has 0 heterocycles. The third-order valence-electron chi connectivity index (χ3n) is 2.99. The number of hydrazine groups is 1. The smallest absolute Gasteiger partial charge is 0.269 e. The highest BCUT2D eigenvalue weighted by Crippen LogP contribution is 2.09. The van der Waals surface area contributed by atoms with E-state index in [-0.39, 0.29) is 12.5 Å². The Bertz CT molecular complexity index is 507. The van der Waals surface area contributed by atoms with Gasteiger partial charge in [-0.2, -0.15) is 0 Å². The lowest BCUT2D eigenvalue weighted by Gasteiger charge is -2.11. The van der Waals surface area contributed by atoms with E-state index in [1.54, 1.807) is 24.3 Å². The van der Waals surface area contributed by atoms with Crippen molar-refractivity contribution in [1.29, 1.82) is 0 Å². The van der Waals surface area contributed by atoms with Crippen LogP contribution in [0.4, 0.5) is 0 Å². The molecule has 0 bridgehead atoms. The zero-order valence-electron chi connectivity index (χ0n) is 12.7. The van der Waals surface area contributed by atoms with Crippen molar-refractivity contribution in [3.8, 4) is 0 Å². The quantitative estimate of drug-likeness (QED) is 0.746. The molecule has 0 saturated heterocycles. The van der Waals surface area contributed by atoms with Gasteiger partial charge in [-0.05, 0) is 37.0 Å². The number of rotatable bonds is 4. The fraction of sp³-hybridized carbons (Fsp3) is 0.353. The first-order chi connectivity index (χ1) is 10.3. The lowest BCUT2D eigenvalue weighted by Crippen LogP contribution is -2.36. The molecule has 0 atom stereocenters. The molecule has 0 aromatic heterocycles. The van der Waals surface area contributed by atoms with Crippen molar-refractivity contribution < 1.29 is 9.90 Å². The molecule has 3 N–H and O–H groups in total. The summed E-state index contributed by atoms with van der Waals surface area (Å²) in [6, 6.07) is 7.00. The van der Waals surface area contributed by atoms with E-state index in [0.29, 0.717) is 11.1 Å². The highest BCUT2D eigenvalue weighted by atomic mass is 16.3. The number of hydrogen-bond acceptors (Lipinski definition) is 3. The summed E-state index contributed by atoms with van der Waals surface area (Å²) >= 11 is 0. The maximum Gasteiger partial charge on any atom is 0.269 e. The molecule has 1 aromatic carbocycles. The Morgan fingerprint density at radius 1 is 1.24 bits per heavy atom. The van der Waals surface area contributed by atoms with Crippen molar-refractivity contribution in [1.82, 2.24) is 10.9 Å². The molecule has 0 fully saturated rings. The van der Waals surface area contributed by atoms with Crippen LogP contribution in [0.25, 0.3) is 0 Å². The Kier molecular flexibility index (Phi) is 7.90. The van der Waals surface area contributed by atoms with Gasteiger partial charge in [-0.25, -0.2) is 0 Å². The zero-order chi connectivity index (χ0) is 15.5. The van der Waals surface area contributed by atoms with Crippen LogP contribution in [0, 0.1) is 0 Å². The van der Waals surface area contributed by atoms with Gasteiger partial charge < -0.3 is 5.11 Å². The van der Waals surface area contributed by atoms with Crippen molar-refractivity contribution in [2.45, 2.75) is 39.7 Å². The van der Waals surface area contributed by atoms with Crippen molar-refractivity contribution in [2.24, 2.45) is 0 Å². The fourth-order valence-electron chi connectivity index (χ4n) is 1.94. The van der Waals surface area contributed by atoms with E-state index in [9.17, 15) is 9.90 Å². The largest absolute Gasteiger partial charge is 0.392 e. The first kappa shape index (κ1) is 17.0. The van der Waals surface area contributed by atoms with Crippen LogP contribution in [0.15, 0.2) is 48.2 Å². The average molecular weight is 288 g/mol. The van der Waals surface area contributed by atoms with E-state index in [0.717, 1.165) is 25.0 Å². The van der Waals surface area contributed by atoms with Crippen molar-refractivity contribution in [3.63, 3.8) is 0 Å². The second-order valence-electron chi connectivity index (χ2n) is 4.39. The summed E-state index contributed by atoms with van der Waals surface area (Å²) in [5.41, 5.74) is 7.55. The SMILES string of the molecule is CC.O=C(NNC1=CCCCC=C1)c1ccccc1CO. The van der Waals surface area contributed by atoms with Crippen LogP contribution in [0.1, 0.15) is 49.0 Å². The number of amides is 1. The van der Waals surface area contributed by atoms with Crippen molar-refractivity contribution in [3.05, 3.63) is 59.3 Å². The molecule has 1 aliphatic carbocycles. The second kappa shape index (κ2) is 9.77. The maximum absolute atomic E-state index is 12.0. The summed E-state index contributed by atoms with van der Waals surface area (Å²) < 4.78 is 0. The van der Waals surface area contributed by atoms with Gasteiger partial charge >= 0.3 is 0 Å². The van der Waals surface area contributed by atoms with Gasteiger partial charge in [0.2, 0.25) is 0 Å². The highest BCUT2D eigenvalue weighted by Gasteiger charge is 2.09. The van der Waals surface area contributed by atoms with Crippen LogP contribution >= 0.6 is 0 Å². The van der Waals surface area contributed by atoms with E-state index in [1.807, 2.05) is 19.9 Å². The first-order valence-electron chi connectivity index (χ1n) is 7.43. The van der Waals surface area contributed by atoms with E-state index >= 15 is 0 Å². The fourth-order valence-corrected chi connectivity index (χ4v) is 1.94. The summed E-state index contributed by atoms with van der Waals surface area (Å²) in [6.07, 6.45) is 9.29. The lowest BCUT2D eigenvalue weighted by molar-refractivity contribution is 0.0936. The second-order valence-corrected chi connectivity index (χ2v) is 4.39. The molecular weight excluding hydrogens is 264 g/mol. The molecular formula is C17H24N2O2.